The standard InChI is InChI=1S/C11H9N3O3/c1-17-10-5-4-8(3-2-6-13-14-12)9(7-15)11(10)16/h4-5,7,16H,6H2,1H3. The number of phenolic OH excluding ortho intramolecular Hbond substituents is 1. The van der Waals surface area contributed by atoms with E-state index < -0.39 is 0 Å². The Morgan fingerprint density at radius 1 is 1.65 bits per heavy atom. The van der Waals surface area contributed by atoms with Crippen molar-refractivity contribution in [1.29, 1.82) is 0 Å². The molecule has 1 N–H and O–H groups in total. The molecule has 1 aromatic carbocycles. The van der Waals surface area contributed by atoms with Crippen LogP contribution in [0.1, 0.15) is 15.9 Å². The van der Waals surface area contributed by atoms with Crippen LogP contribution in [0.2, 0.25) is 0 Å². The molecular weight excluding hydrogens is 222 g/mol. The van der Waals surface area contributed by atoms with Crippen LogP contribution >= 0.6 is 0 Å². The zero-order valence-corrected chi connectivity index (χ0v) is 9.04. The number of carbonyl (C=O) groups excluding carboxylic acids is 1. The lowest BCUT2D eigenvalue weighted by Crippen LogP contribution is -1.92. The minimum Gasteiger partial charge on any atom is -0.504 e. The molecule has 0 aliphatic heterocycles. The number of methoxy groups -OCH3 is 1. The number of azide groups is 1. The molecule has 0 spiro atoms. The molecular formula is C11H9N3O3. The molecule has 0 radical (unpaired) electrons. The van der Waals surface area contributed by atoms with Crippen LogP contribution in [0.4, 0.5) is 0 Å². The van der Waals surface area contributed by atoms with Crippen LogP contribution in [0.3, 0.4) is 0 Å². The van der Waals surface area contributed by atoms with Crippen molar-refractivity contribution in [2.45, 2.75) is 0 Å². The summed E-state index contributed by atoms with van der Waals surface area (Å²) in [4.78, 5) is 13.4. The van der Waals surface area contributed by atoms with E-state index in [2.05, 4.69) is 21.9 Å². The van der Waals surface area contributed by atoms with Gasteiger partial charge in [-0.25, -0.2) is 0 Å². The highest BCUT2D eigenvalue weighted by molar-refractivity contribution is 5.85. The molecule has 1 rings (SSSR count). The van der Waals surface area contributed by atoms with E-state index in [0.29, 0.717) is 11.8 Å². The van der Waals surface area contributed by atoms with Gasteiger partial charge in [-0.2, -0.15) is 0 Å². The van der Waals surface area contributed by atoms with Crippen molar-refractivity contribution < 1.29 is 14.6 Å². The van der Waals surface area contributed by atoms with E-state index in [9.17, 15) is 9.90 Å². The number of phenols is 1. The molecule has 0 saturated heterocycles. The van der Waals surface area contributed by atoms with Crippen LogP contribution in [0.25, 0.3) is 10.4 Å². The maximum Gasteiger partial charge on any atom is 0.169 e. The molecule has 0 amide bonds. The number of carbonyl (C=O) groups is 1. The molecule has 6 nitrogen and oxygen atoms in total. The van der Waals surface area contributed by atoms with Crippen LogP contribution in [0.5, 0.6) is 11.5 Å². The lowest BCUT2D eigenvalue weighted by molar-refractivity contribution is 0.112. The molecule has 0 heterocycles. The molecule has 0 aromatic heterocycles. The number of benzene rings is 1. The van der Waals surface area contributed by atoms with Crippen molar-refractivity contribution in [1.82, 2.24) is 0 Å². The summed E-state index contributed by atoms with van der Waals surface area (Å²) in [5, 5.41) is 12.9. The van der Waals surface area contributed by atoms with E-state index in [1.807, 2.05) is 0 Å². The van der Waals surface area contributed by atoms with Gasteiger partial charge in [0, 0.05) is 10.5 Å². The van der Waals surface area contributed by atoms with Crippen LogP contribution < -0.4 is 4.74 Å². The second kappa shape index (κ2) is 6.05. The predicted octanol–water partition coefficient (Wildman–Crippen LogP) is 1.88. The number of ether oxygens (including phenoxy) is 1. The highest BCUT2D eigenvalue weighted by Gasteiger charge is 2.10. The molecule has 0 aliphatic carbocycles. The second-order valence-corrected chi connectivity index (χ2v) is 2.89. The monoisotopic (exact) mass is 231 g/mol. The molecule has 1 aromatic rings. The van der Waals surface area contributed by atoms with Gasteiger partial charge < -0.3 is 9.84 Å². The fourth-order valence-electron chi connectivity index (χ4n) is 1.18. The van der Waals surface area contributed by atoms with Gasteiger partial charge in [0.1, 0.15) is 0 Å². The van der Waals surface area contributed by atoms with E-state index in [4.69, 9.17) is 10.3 Å². The van der Waals surface area contributed by atoms with Crippen molar-refractivity contribution in [3.63, 3.8) is 0 Å². The van der Waals surface area contributed by atoms with Crippen molar-refractivity contribution in [2.24, 2.45) is 5.11 Å². The summed E-state index contributed by atoms with van der Waals surface area (Å²) in [6, 6.07) is 3.05. The van der Waals surface area contributed by atoms with E-state index >= 15 is 0 Å². The van der Waals surface area contributed by atoms with E-state index in [1.54, 1.807) is 6.07 Å². The predicted molar refractivity (Wildman–Crippen MR) is 60.9 cm³/mol. The molecule has 0 bridgehead atoms. The summed E-state index contributed by atoms with van der Waals surface area (Å²) >= 11 is 0. The number of aldehydes is 1. The van der Waals surface area contributed by atoms with E-state index in [0.717, 1.165) is 0 Å². The minimum atomic E-state index is -0.252. The molecule has 0 unspecified atom stereocenters. The summed E-state index contributed by atoms with van der Waals surface area (Å²) in [5.74, 6) is 5.14. The Kier molecular flexibility index (Phi) is 4.43. The largest absolute Gasteiger partial charge is 0.504 e. The van der Waals surface area contributed by atoms with Gasteiger partial charge in [0.25, 0.3) is 0 Å². The number of nitrogens with zero attached hydrogens (tertiary/aromatic N) is 3. The Bertz CT molecular complexity index is 537. The van der Waals surface area contributed by atoms with E-state index in [-0.39, 0.29) is 23.6 Å². The van der Waals surface area contributed by atoms with Crippen LogP contribution in [-0.4, -0.2) is 25.0 Å². The summed E-state index contributed by atoms with van der Waals surface area (Å²) in [5.41, 5.74) is 8.46. The first kappa shape index (κ1) is 12.4. The highest BCUT2D eigenvalue weighted by atomic mass is 16.5. The molecule has 6 heteroatoms. The van der Waals surface area contributed by atoms with Crippen LogP contribution in [-0.2, 0) is 0 Å². The van der Waals surface area contributed by atoms with Crippen molar-refractivity contribution >= 4 is 6.29 Å². The quantitative estimate of drug-likeness (QED) is 0.283. The Morgan fingerprint density at radius 3 is 3.00 bits per heavy atom. The fraction of sp³-hybridized carbons (Fsp3) is 0.182. The summed E-state index contributed by atoms with van der Waals surface area (Å²) < 4.78 is 4.86. The first-order valence-electron chi connectivity index (χ1n) is 4.59. The van der Waals surface area contributed by atoms with Crippen LogP contribution in [0, 0.1) is 11.8 Å². The van der Waals surface area contributed by atoms with Crippen LogP contribution in [0.15, 0.2) is 17.2 Å². The van der Waals surface area contributed by atoms with Gasteiger partial charge in [0.05, 0.1) is 19.2 Å². The number of aromatic hydroxyl groups is 1. The first-order chi connectivity index (χ1) is 8.24. The number of hydrogen-bond donors (Lipinski definition) is 1. The third-order valence-electron chi connectivity index (χ3n) is 1.95. The minimum absolute atomic E-state index is 0.00158. The van der Waals surface area contributed by atoms with Gasteiger partial charge in [-0.1, -0.05) is 17.0 Å². The average Bonchev–Trinajstić information content (AvgIpc) is 2.35. The molecule has 17 heavy (non-hydrogen) atoms. The van der Waals surface area contributed by atoms with Crippen molar-refractivity contribution in [2.75, 3.05) is 13.7 Å². The zero-order valence-electron chi connectivity index (χ0n) is 9.04. The average molecular weight is 231 g/mol. The van der Waals surface area contributed by atoms with Gasteiger partial charge in [0.2, 0.25) is 0 Å². The lowest BCUT2D eigenvalue weighted by Gasteiger charge is -2.06. The van der Waals surface area contributed by atoms with Gasteiger partial charge in [-0.15, -0.1) is 0 Å². The summed E-state index contributed by atoms with van der Waals surface area (Å²) in [6.07, 6.45) is 0.495. The summed E-state index contributed by atoms with van der Waals surface area (Å²) in [7, 11) is 1.39. The molecule has 0 atom stereocenters. The highest BCUT2D eigenvalue weighted by Crippen LogP contribution is 2.30. The van der Waals surface area contributed by atoms with Gasteiger partial charge in [0.15, 0.2) is 17.8 Å². The Morgan fingerprint density at radius 2 is 2.41 bits per heavy atom. The summed E-state index contributed by atoms with van der Waals surface area (Å²) in [6.45, 7) is 0.00158. The molecule has 0 fully saturated rings. The van der Waals surface area contributed by atoms with Gasteiger partial charge >= 0.3 is 0 Å². The Hall–Kier alpha value is -2.64. The maximum absolute atomic E-state index is 10.8. The second-order valence-electron chi connectivity index (χ2n) is 2.89. The smallest absolute Gasteiger partial charge is 0.169 e. The van der Waals surface area contributed by atoms with Gasteiger partial charge in [-0.3, -0.25) is 4.79 Å². The molecule has 0 saturated carbocycles. The van der Waals surface area contributed by atoms with Crippen molar-refractivity contribution in [3.05, 3.63) is 33.7 Å². The Labute approximate surface area is 97.5 Å². The number of rotatable bonds is 3. The number of hydrogen-bond acceptors (Lipinski definition) is 4. The first-order valence-corrected chi connectivity index (χ1v) is 4.59. The topological polar surface area (TPSA) is 95.3 Å². The SMILES string of the molecule is COc1ccc(C#CCN=[N+]=[N-])c(C=O)c1O. The Balaban J connectivity index is 3.15. The third-order valence-corrected chi connectivity index (χ3v) is 1.95. The fourth-order valence-corrected chi connectivity index (χ4v) is 1.18. The third kappa shape index (κ3) is 2.91. The molecule has 86 valence electrons. The normalized spacial score (nSPS) is 8.53. The lowest BCUT2D eigenvalue weighted by atomic mass is 10.1. The zero-order chi connectivity index (χ0) is 12.7. The van der Waals surface area contributed by atoms with E-state index in [1.165, 1.54) is 13.2 Å². The maximum atomic E-state index is 10.8. The molecule has 0 aliphatic rings. The van der Waals surface area contributed by atoms with Crippen molar-refractivity contribution in [3.8, 4) is 23.3 Å². The van der Waals surface area contributed by atoms with Gasteiger partial charge in [-0.05, 0) is 17.7 Å².